The zero-order valence-corrected chi connectivity index (χ0v) is 18.5. The van der Waals surface area contributed by atoms with Crippen molar-refractivity contribution in [2.75, 3.05) is 32.0 Å². The number of H-pyrrole nitrogens is 1. The molecular weight excluding hydrogens is 426 g/mol. The number of aromatic nitrogens is 4. The van der Waals surface area contributed by atoms with Gasteiger partial charge < -0.3 is 35.6 Å². The van der Waals surface area contributed by atoms with Gasteiger partial charge in [-0.05, 0) is 18.3 Å². The van der Waals surface area contributed by atoms with Gasteiger partial charge in [0.15, 0.2) is 23.0 Å². The summed E-state index contributed by atoms with van der Waals surface area (Å²) < 4.78 is 16.2. The third kappa shape index (κ3) is 3.55. The maximum atomic E-state index is 12.1. The normalized spacial score (nSPS) is 23.0. The van der Waals surface area contributed by atoms with Crippen molar-refractivity contribution >= 4 is 34.5 Å². The van der Waals surface area contributed by atoms with Gasteiger partial charge in [0.05, 0.1) is 33.6 Å². The molecule has 2 bridgehead atoms. The molecule has 1 aromatic carbocycles. The molecule has 1 amide bonds. The number of ether oxygens (including phenoxy) is 3. The van der Waals surface area contributed by atoms with Crippen LogP contribution in [0.3, 0.4) is 0 Å². The maximum absolute atomic E-state index is 12.1. The maximum Gasteiger partial charge on any atom is 0.231 e. The van der Waals surface area contributed by atoms with Crippen LogP contribution in [0.5, 0.6) is 17.2 Å². The number of fused-ring (bicyclic) bond motifs is 3. The summed E-state index contributed by atoms with van der Waals surface area (Å²) in [5.74, 6) is 2.11. The number of benzene rings is 1. The van der Waals surface area contributed by atoms with Crippen molar-refractivity contribution < 1.29 is 19.0 Å². The molecule has 0 spiro atoms. The molecule has 2 aromatic heterocycles. The van der Waals surface area contributed by atoms with E-state index in [2.05, 4.69) is 42.7 Å². The average molecular weight is 451 g/mol. The van der Waals surface area contributed by atoms with Crippen LogP contribution in [0.2, 0.25) is 0 Å². The first-order valence-electron chi connectivity index (χ1n) is 10.5. The van der Waals surface area contributed by atoms with Gasteiger partial charge in [-0.1, -0.05) is 12.2 Å². The summed E-state index contributed by atoms with van der Waals surface area (Å²) in [6.45, 7) is 0. The minimum Gasteiger partial charge on any atom is -0.493 e. The summed E-state index contributed by atoms with van der Waals surface area (Å²) >= 11 is 0. The Labute approximate surface area is 189 Å². The Balaban J connectivity index is 1.49. The molecule has 0 aliphatic heterocycles. The number of nitrogens with one attached hydrogen (secondary N) is 3. The Kier molecular flexibility index (Phi) is 5.15. The van der Waals surface area contributed by atoms with E-state index in [1.54, 1.807) is 39.8 Å². The van der Waals surface area contributed by atoms with Gasteiger partial charge in [-0.3, -0.25) is 4.79 Å². The van der Waals surface area contributed by atoms with Crippen molar-refractivity contribution in [3.63, 3.8) is 0 Å². The van der Waals surface area contributed by atoms with E-state index in [4.69, 9.17) is 19.9 Å². The Hall–Kier alpha value is -4.02. The monoisotopic (exact) mass is 451 g/mol. The second kappa shape index (κ2) is 8.15. The fraction of sp³-hybridized carbons (Fsp3) is 0.364. The lowest BCUT2D eigenvalue weighted by Gasteiger charge is -2.27. The highest BCUT2D eigenvalue weighted by Crippen LogP contribution is 2.45. The highest BCUT2D eigenvalue weighted by Gasteiger charge is 2.47. The number of primary amides is 1. The molecule has 33 heavy (non-hydrogen) atoms. The number of nitrogens with zero attached hydrogens (tertiary/aromatic N) is 3. The zero-order chi connectivity index (χ0) is 23.1. The van der Waals surface area contributed by atoms with Crippen LogP contribution in [0, 0.1) is 17.8 Å². The molecule has 1 saturated carbocycles. The van der Waals surface area contributed by atoms with Crippen molar-refractivity contribution in [3.8, 4) is 17.2 Å². The Morgan fingerprint density at radius 1 is 1.09 bits per heavy atom. The largest absolute Gasteiger partial charge is 0.493 e. The number of allylic oxidation sites excluding steroid dienone is 1. The summed E-state index contributed by atoms with van der Waals surface area (Å²) in [5.41, 5.74) is 7.50. The number of aromatic amines is 1. The molecule has 0 unspecified atom stereocenters. The third-order valence-electron chi connectivity index (χ3n) is 6.30. The molecular formula is C22H25N7O4. The van der Waals surface area contributed by atoms with E-state index in [0.29, 0.717) is 45.9 Å². The lowest BCUT2D eigenvalue weighted by atomic mass is 9.88. The minimum absolute atomic E-state index is 0.145. The molecule has 11 heteroatoms. The summed E-state index contributed by atoms with van der Waals surface area (Å²) in [4.78, 5) is 28.7. The van der Waals surface area contributed by atoms with Gasteiger partial charge in [0, 0.05) is 23.9 Å². The van der Waals surface area contributed by atoms with Crippen LogP contribution in [-0.2, 0) is 4.79 Å². The Morgan fingerprint density at radius 3 is 2.48 bits per heavy atom. The van der Waals surface area contributed by atoms with Crippen molar-refractivity contribution in [2.45, 2.75) is 12.5 Å². The van der Waals surface area contributed by atoms with Gasteiger partial charge in [0.25, 0.3) is 0 Å². The predicted molar refractivity (Wildman–Crippen MR) is 122 cm³/mol. The third-order valence-corrected chi connectivity index (χ3v) is 6.30. The van der Waals surface area contributed by atoms with Gasteiger partial charge in [-0.25, -0.2) is 4.98 Å². The molecule has 2 heterocycles. The smallest absolute Gasteiger partial charge is 0.231 e. The van der Waals surface area contributed by atoms with E-state index >= 15 is 0 Å². The lowest BCUT2D eigenvalue weighted by molar-refractivity contribution is -0.122. The van der Waals surface area contributed by atoms with Crippen molar-refractivity contribution in [1.82, 2.24) is 19.9 Å². The first-order chi connectivity index (χ1) is 16.0. The average Bonchev–Trinajstić information content (AvgIpc) is 3.54. The molecule has 2 aliphatic carbocycles. The molecule has 0 radical (unpaired) electrons. The predicted octanol–water partition coefficient (Wildman–Crippen LogP) is 2.21. The highest BCUT2D eigenvalue weighted by atomic mass is 16.5. The fourth-order valence-electron chi connectivity index (χ4n) is 4.84. The number of hydrogen-bond acceptors (Lipinski definition) is 9. The van der Waals surface area contributed by atoms with Gasteiger partial charge in [-0.15, -0.1) is 0 Å². The van der Waals surface area contributed by atoms with Crippen LogP contribution in [-0.4, -0.2) is 53.2 Å². The summed E-state index contributed by atoms with van der Waals surface area (Å²) in [7, 11) is 4.65. The van der Waals surface area contributed by atoms with Gasteiger partial charge in [0.1, 0.15) is 5.52 Å². The van der Waals surface area contributed by atoms with Crippen LogP contribution in [0.1, 0.15) is 6.42 Å². The molecule has 1 fully saturated rings. The Bertz CT molecular complexity index is 1220. The lowest BCUT2D eigenvalue weighted by Crippen LogP contribution is -2.41. The van der Waals surface area contributed by atoms with E-state index < -0.39 is 0 Å². The standard InChI is InChI=1S/C22H25N7O4/c1-31-13-7-12(8-14(32-2)18(13)33-3)26-22-28-20-17(24-9-25-20)21(29-22)27-16-11-5-4-10(6-11)15(16)19(23)30/h4-5,7-11,15-16H,6H2,1-3H3,(H2,23,30)(H3,24,25,26,27,28,29)/t10-,11+,15+,16-/m0/s1. The molecule has 3 aromatic rings. The number of imidazole rings is 1. The van der Waals surface area contributed by atoms with Crippen molar-refractivity contribution in [2.24, 2.45) is 23.5 Å². The van der Waals surface area contributed by atoms with E-state index in [1.807, 2.05) is 0 Å². The van der Waals surface area contributed by atoms with Gasteiger partial charge in [-0.2, -0.15) is 9.97 Å². The summed E-state index contributed by atoms with van der Waals surface area (Å²) in [6.07, 6.45) is 6.68. The molecule has 11 nitrogen and oxygen atoms in total. The van der Waals surface area contributed by atoms with Crippen molar-refractivity contribution in [3.05, 3.63) is 30.6 Å². The molecule has 172 valence electrons. The molecule has 0 saturated heterocycles. The van der Waals surface area contributed by atoms with E-state index in [1.165, 1.54) is 0 Å². The van der Waals surface area contributed by atoms with E-state index in [9.17, 15) is 4.79 Å². The molecule has 5 rings (SSSR count). The zero-order valence-electron chi connectivity index (χ0n) is 18.5. The number of carbonyl (C=O) groups is 1. The molecule has 5 N–H and O–H groups in total. The first kappa shape index (κ1) is 20.9. The number of nitrogens with two attached hydrogens (primary N) is 1. The summed E-state index contributed by atoms with van der Waals surface area (Å²) in [6, 6.07) is 3.38. The number of hydrogen-bond donors (Lipinski definition) is 4. The number of anilines is 3. The van der Waals surface area contributed by atoms with Crippen LogP contribution in [0.15, 0.2) is 30.6 Å². The van der Waals surface area contributed by atoms with Crippen LogP contribution < -0.4 is 30.6 Å². The summed E-state index contributed by atoms with van der Waals surface area (Å²) in [5, 5.41) is 6.62. The number of carbonyl (C=O) groups excluding carboxylic acids is 1. The SMILES string of the molecule is COc1cc(Nc2nc(N[C@@H]3[C@H](C(N)=O)[C@H]4C=C[C@@H]3C4)c3[nH]cnc3n2)cc(OC)c1OC. The first-order valence-corrected chi connectivity index (χ1v) is 10.5. The second-order valence-corrected chi connectivity index (χ2v) is 8.08. The number of methoxy groups -OCH3 is 3. The van der Waals surface area contributed by atoms with Crippen molar-refractivity contribution in [1.29, 1.82) is 0 Å². The van der Waals surface area contributed by atoms with Crippen LogP contribution in [0.4, 0.5) is 17.5 Å². The Morgan fingerprint density at radius 2 is 1.82 bits per heavy atom. The number of rotatable bonds is 8. The second-order valence-electron chi connectivity index (χ2n) is 8.08. The molecule has 4 atom stereocenters. The highest BCUT2D eigenvalue weighted by molar-refractivity contribution is 5.86. The van der Waals surface area contributed by atoms with E-state index in [0.717, 1.165) is 6.42 Å². The topological polar surface area (TPSA) is 149 Å². The van der Waals surface area contributed by atoms with Gasteiger partial charge >= 0.3 is 0 Å². The van der Waals surface area contributed by atoms with E-state index in [-0.39, 0.29) is 29.7 Å². The minimum atomic E-state index is -0.310. The molecule has 2 aliphatic rings. The quantitative estimate of drug-likeness (QED) is 0.378. The fourth-order valence-corrected chi connectivity index (χ4v) is 4.84. The van der Waals surface area contributed by atoms with Crippen LogP contribution >= 0.6 is 0 Å². The van der Waals surface area contributed by atoms with Crippen LogP contribution in [0.25, 0.3) is 11.2 Å². The number of amides is 1. The van der Waals surface area contributed by atoms with Gasteiger partial charge in [0.2, 0.25) is 17.6 Å².